The molecule has 0 radical (unpaired) electrons. The third-order valence-electron chi connectivity index (χ3n) is 12.2. The number of benzene rings is 3. The number of phenolic OH excluding ortho intramolecular Hbond substituents is 1. The van der Waals surface area contributed by atoms with E-state index in [9.17, 15) is 14.7 Å². The third kappa shape index (κ3) is 8.83. The van der Waals surface area contributed by atoms with Gasteiger partial charge in [0.2, 0.25) is 0 Å². The number of hydrogen-bond acceptors (Lipinski definition) is 12. The summed E-state index contributed by atoms with van der Waals surface area (Å²) in [6.45, 7) is 5.18. The standard InChI is InChI=1S/C47H54N6O4S2/c1-50-44-36(13-6-23-54)31(15-16-39(44)55)19-20-51-28-33-25-38(48)45(37-12-5-11-35(33)37)53(49)22-8-21-52-29-47(30-52)26-34(27-47)57-46(56)43(41-14-7-24-58-41)42-18-17-40(59-42)32-9-3-2-4-10-32/h2-4,6-7,9-10,13-18,23-25,34,43,50-51,55H,5,8,11-12,19-22,26-30,48-49H2,1H3/b13-6-. The van der Waals surface area contributed by atoms with Gasteiger partial charge in [-0.2, -0.15) is 0 Å². The minimum absolute atomic E-state index is 0.0289. The lowest BCUT2D eigenvalue weighted by Gasteiger charge is -2.58. The van der Waals surface area contributed by atoms with Crippen LogP contribution in [0.4, 0.5) is 17.1 Å². The van der Waals surface area contributed by atoms with E-state index in [1.807, 2.05) is 46.8 Å². The molecule has 1 saturated carbocycles. The second-order valence-electron chi connectivity index (χ2n) is 16.2. The summed E-state index contributed by atoms with van der Waals surface area (Å²) in [5.41, 5.74) is 16.1. The summed E-state index contributed by atoms with van der Waals surface area (Å²) in [6.07, 6.45) is 10.5. The van der Waals surface area contributed by atoms with Crippen molar-refractivity contribution in [1.29, 1.82) is 0 Å². The molecule has 1 spiro atoms. The first-order chi connectivity index (χ1) is 28.8. The van der Waals surface area contributed by atoms with E-state index in [1.165, 1.54) is 22.8 Å². The summed E-state index contributed by atoms with van der Waals surface area (Å²) < 4.78 is 6.19. The topological polar surface area (TPSA) is 146 Å². The number of rotatable bonds is 18. The van der Waals surface area contributed by atoms with Gasteiger partial charge >= 0.3 is 5.97 Å². The van der Waals surface area contributed by atoms with E-state index in [0.29, 0.717) is 12.2 Å². The first kappa shape index (κ1) is 40.8. The van der Waals surface area contributed by atoms with Crippen molar-refractivity contribution in [2.45, 2.75) is 63.5 Å². The molecule has 1 aliphatic heterocycles. The molecule has 0 amide bonds. The molecule has 3 aliphatic rings. The summed E-state index contributed by atoms with van der Waals surface area (Å²) in [6, 6.07) is 24.2. The molecule has 3 aromatic carbocycles. The number of nitrogens with two attached hydrogens (primary N) is 2. The number of anilines is 3. The highest BCUT2D eigenvalue weighted by molar-refractivity contribution is 7.16. The highest BCUT2D eigenvalue weighted by Crippen LogP contribution is 2.50. The molecule has 1 unspecified atom stereocenters. The number of carbonyl (C=O) groups excluding carboxylic acids is 2. The largest absolute Gasteiger partial charge is 0.506 e. The second-order valence-corrected chi connectivity index (χ2v) is 18.3. The Kier molecular flexibility index (Phi) is 12.5. The van der Waals surface area contributed by atoms with Gasteiger partial charge in [0.25, 0.3) is 0 Å². The molecule has 5 aromatic rings. The average molecular weight is 831 g/mol. The number of hydrogen-bond donors (Lipinski definition) is 5. The van der Waals surface area contributed by atoms with E-state index in [4.69, 9.17) is 16.3 Å². The molecule has 1 saturated heterocycles. The first-order valence-electron chi connectivity index (χ1n) is 20.7. The van der Waals surface area contributed by atoms with Gasteiger partial charge < -0.3 is 36.1 Å². The summed E-state index contributed by atoms with van der Waals surface area (Å²) in [4.78, 5) is 30.4. The molecule has 0 bridgehead atoms. The average Bonchev–Trinajstić information content (AvgIpc) is 4.02. The van der Waals surface area contributed by atoms with Crippen LogP contribution in [0.5, 0.6) is 5.75 Å². The van der Waals surface area contributed by atoms with Crippen molar-refractivity contribution in [3.05, 3.63) is 122 Å². The van der Waals surface area contributed by atoms with Crippen LogP contribution in [0.3, 0.4) is 0 Å². The Morgan fingerprint density at radius 1 is 1.05 bits per heavy atom. The zero-order valence-corrected chi connectivity index (χ0v) is 35.3. The van der Waals surface area contributed by atoms with Crippen molar-refractivity contribution >= 4 is 58.1 Å². The van der Waals surface area contributed by atoms with Gasteiger partial charge in [-0.15, -0.1) is 22.7 Å². The Balaban J connectivity index is 0.795. The molecule has 2 aromatic heterocycles. The normalized spacial score (nSPS) is 16.4. The van der Waals surface area contributed by atoms with Gasteiger partial charge in [-0.1, -0.05) is 42.5 Å². The number of hydrazine groups is 1. The molecule has 12 heteroatoms. The number of likely N-dealkylation sites (tertiary alicyclic amines) is 1. The van der Waals surface area contributed by atoms with Crippen molar-refractivity contribution in [3.8, 4) is 16.2 Å². The number of nitrogens with zero attached hydrogens (tertiary/aromatic N) is 2. The quantitative estimate of drug-likeness (QED) is 0.00869. The minimum atomic E-state index is -0.392. The summed E-state index contributed by atoms with van der Waals surface area (Å²) in [5.74, 6) is 6.36. The number of aldehydes is 1. The molecule has 3 heterocycles. The van der Waals surface area contributed by atoms with Crippen molar-refractivity contribution in [3.63, 3.8) is 0 Å². The van der Waals surface area contributed by atoms with Gasteiger partial charge in [-0.25, -0.2) is 5.84 Å². The highest BCUT2D eigenvalue weighted by atomic mass is 32.1. The number of nitrogens with one attached hydrogen (secondary N) is 2. The molecule has 8 rings (SSSR count). The van der Waals surface area contributed by atoms with Crippen LogP contribution in [0.2, 0.25) is 0 Å². The third-order valence-corrected chi connectivity index (χ3v) is 14.3. The van der Waals surface area contributed by atoms with Gasteiger partial charge in [0.1, 0.15) is 24.1 Å². The lowest BCUT2D eigenvalue weighted by Crippen LogP contribution is -2.64. The number of ether oxygens (including phenoxy) is 1. The predicted octanol–water partition coefficient (Wildman–Crippen LogP) is 7.75. The van der Waals surface area contributed by atoms with Crippen LogP contribution in [-0.2, 0) is 40.1 Å². The second kappa shape index (κ2) is 18.1. The molecule has 59 heavy (non-hydrogen) atoms. The van der Waals surface area contributed by atoms with Crippen LogP contribution in [0, 0.1) is 5.41 Å². The van der Waals surface area contributed by atoms with Gasteiger partial charge in [-0.3, -0.25) is 9.59 Å². The zero-order chi connectivity index (χ0) is 40.9. The Hall–Kier alpha value is -4.98. The fourth-order valence-electron chi connectivity index (χ4n) is 9.49. The van der Waals surface area contributed by atoms with E-state index < -0.39 is 5.92 Å². The fraction of sp³-hybridized carbons (Fsp3) is 0.362. The Bertz CT molecular complexity index is 2280. The van der Waals surface area contributed by atoms with Crippen LogP contribution in [0.15, 0.2) is 84.3 Å². The molecule has 10 nitrogen and oxygen atoms in total. The van der Waals surface area contributed by atoms with Crippen molar-refractivity contribution < 1.29 is 19.4 Å². The van der Waals surface area contributed by atoms with Crippen LogP contribution in [0.25, 0.3) is 16.5 Å². The monoisotopic (exact) mass is 830 g/mol. The van der Waals surface area contributed by atoms with E-state index in [1.54, 1.807) is 41.9 Å². The maximum absolute atomic E-state index is 13.7. The van der Waals surface area contributed by atoms with Gasteiger partial charge in [0, 0.05) is 58.8 Å². The van der Waals surface area contributed by atoms with E-state index >= 15 is 0 Å². The van der Waals surface area contributed by atoms with Crippen LogP contribution in [-0.4, -0.2) is 68.1 Å². The molecule has 308 valence electrons. The number of nitrogen functional groups attached to an aromatic ring is 1. The van der Waals surface area contributed by atoms with E-state index in [-0.39, 0.29) is 23.2 Å². The number of thiophene rings is 2. The van der Waals surface area contributed by atoms with Crippen molar-refractivity contribution in [2.75, 3.05) is 55.8 Å². The molecule has 2 fully saturated rings. The summed E-state index contributed by atoms with van der Waals surface area (Å²) in [7, 11) is 1.76. The van der Waals surface area contributed by atoms with Crippen molar-refractivity contribution in [2.24, 2.45) is 11.3 Å². The summed E-state index contributed by atoms with van der Waals surface area (Å²) in [5, 5.41) is 20.8. The smallest absolute Gasteiger partial charge is 0.319 e. The lowest BCUT2D eigenvalue weighted by molar-refractivity contribution is -0.177. The van der Waals surface area contributed by atoms with Gasteiger partial charge in [-0.05, 0) is 134 Å². The zero-order valence-electron chi connectivity index (χ0n) is 33.6. The van der Waals surface area contributed by atoms with Crippen molar-refractivity contribution in [1.82, 2.24) is 10.2 Å². The number of esters is 1. The van der Waals surface area contributed by atoms with Crippen LogP contribution in [0.1, 0.15) is 69.2 Å². The highest BCUT2D eigenvalue weighted by Gasteiger charge is 2.53. The molecule has 2 aliphatic carbocycles. The minimum Gasteiger partial charge on any atom is -0.506 e. The molecular formula is C47H54N6O4S2. The Morgan fingerprint density at radius 2 is 1.86 bits per heavy atom. The Labute approximate surface area is 354 Å². The SMILES string of the molecule is CNc1c(O)ccc(CCNCc2cc(N)c(N(N)CCCN3CC4(CC(OC(=O)C(c5cccs5)c5ccc(-c6ccccc6)s5)C4)C3)c3c2CCC3)c1/C=C\C=O. The predicted molar refractivity (Wildman–Crippen MR) is 241 cm³/mol. The maximum Gasteiger partial charge on any atom is 0.319 e. The number of allylic oxidation sites excluding steroid dienone is 1. The maximum atomic E-state index is 13.7. The van der Waals surface area contributed by atoms with E-state index in [0.717, 1.165) is 127 Å². The lowest BCUT2D eigenvalue weighted by atomic mass is 9.61. The van der Waals surface area contributed by atoms with Crippen LogP contribution >= 0.6 is 22.7 Å². The molecular weight excluding hydrogens is 777 g/mol. The summed E-state index contributed by atoms with van der Waals surface area (Å²) >= 11 is 3.28. The Morgan fingerprint density at radius 3 is 2.63 bits per heavy atom. The van der Waals surface area contributed by atoms with E-state index in [2.05, 4.69) is 45.9 Å². The van der Waals surface area contributed by atoms with Gasteiger partial charge in [0.15, 0.2) is 0 Å². The first-order valence-corrected chi connectivity index (χ1v) is 22.4. The number of phenols is 1. The van der Waals surface area contributed by atoms with Gasteiger partial charge in [0.05, 0.1) is 17.1 Å². The molecule has 7 N–H and O–H groups in total. The fourth-order valence-corrected chi connectivity index (χ4v) is 11.5. The number of carbonyl (C=O) groups is 2. The number of fused-ring (bicyclic) bond motifs is 1. The number of aromatic hydroxyl groups is 1. The van der Waals surface area contributed by atoms with Crippen LogP contribution < -0.4 is 27.2 Å². The molecule has 1 atom stereocenters.